The number of carboxylic acid groups (broad SMARTS) is 1. The number of aromatic hydroxyl groups is 1. The van der Waals surface area contributed by atoms with Gasteiger partial charge < -0.3 is 31.2 Å². The summed E-state index contributed by atoms with van der Waals surface area (Å²) in [7, 11) is 0. The van der Waals surface area contributed by atoms with Gasteiger partial charge in [-0.05, 0) is 48.0 Å². The molecule has 0 aliphatic heterocycles. The van der Waals surface area contributed by atoms with E-state index in [9.17, 15) is 29.4 Å². The van der Waals surface area contributed by atoms with Gasteiger partial charge in [0.15, 0.2) is 5.75 Å². The van der Waals surface area contributed by atoms with Crippen molar-refractivity contribution < 1.29 is 19.8 Å². The highest BCUT2D eigenvalue weighted by Gasteiger charge is 2.24. The minimum absolute atomic E-state index is 0.0815. The maximum Gasteiger partial charge on any atom is 0.333 e. The largest absolute Gasteiger partial charge is 0.505 e. The van der Waals surface area contributed by atoms with Gasteiger partial charge in [-0.25, -0.2) is 14.2 Å². The number of nitrogen functional groups attached to an aromatic ring is 1. The lowest BCUT2D eigenvalue weighted by Crippen LogP contribution is -2.42. The number of hydrogen-bond donors (Lipinski definition) is 6. The number of carbonyl (C=O) groups excluding carboxylic acids is 1. The maximum atomic E-state index is 12.9. The van der Waals surface area contributed by atoms with Gasteiger partial charge in [0, 0.05) is 23.0 Å². The number of H-pyrrole nitrogens is 2. The van der Waals surface area contributed by atoms with Crippen molar-refractivity contribution in [1.29, 1.82) is 0 Å². The summed E-state index contributed by atoms with van der Waals surface area (Å²) in [6.07, 6.45) is -0.0815. The molecule has 0 unspecified atom stereocenters. The molecule has 0 aliphatic carbocycles. The number of anilines is 1. The Morgan fingerprint density at radius 1 is 0.946 bits per heavy atom. The first-order valence-electron chi connectivity index (χ1n) is 11.2. The topological polar surface area (TPSA) is 183 Å². The van der Waals surface area contributed by atoms with Gasteiger partial charge in [0.25, 0.3) is 11.5 Å². The number of nitrogens with zero attached hydrogens (tertiary/aromatic N) is 1. The average Bonchev–Trinajstić information content (AvgIpc) is 3.22. The molecule has 7 N–H and O–H groups in total. The molecule has 5 aromatic rings. The van der Waals surface area contributed by atoms with Gasteiger partial charge in [0.2, 0.25) is 0 Å². The van der Waals surface area contributed by atoms with Crippen molar-refractivity contribution in [3.63, 3.8) is 0 Å². The number of rotatable bonds is 6. The van der Waals surface area contributed by atoms with Gasteiger partial charge in [0.05, 0.1) is 16.6 Å². The molecule has 1 amide bonds. The van der Waals surface area contributed by atoms with Crippen LogP contribution >= 0.6 is 0 Å². The SMILES string of the molecule is Nc1ccc2[nH]c(=O)n(-c3ccc(C[C@H](NC(=O)c4[nH]c5ccccc5c4O)C(=O)O)cc3)c(=O)c2c1. The van der Waals surface area contributed by atoms with Crippen LogP contribution in [0, 0.1) is 0 Å². The summed E-state index contributed by atoms with van der Waals surface area (Å²) in [4.78, 5) is 55.5. The smallest absolute Gasteiger partial charge is 0.333 e. The van der Waals surface area contributed by atoms with E-state index in [0.29, 0.717) is 27.7 Å². The van der Waals surface area contributed by atoms with Crippen LogP contribution in [0.3, 0.4) is 0 Å². The van der Waals surface area contributed by atoms with Crippen LogP contribution in [-0.2, 0) is 11.2 Å². The monoisotopic (exact) mass is 499 g/mol. The van der Waals surface area contributed by atoms with Crippen molar-refractivity contribution in [1.82, 2.24) is 19.9 Å². The number of aliphatic carboxylic acids is 1. The molecule has 1 atom stereocenters. The molecule has 11 heteroatoms. The Morgan fingerprint density at radius 3 is 2.35 bits per heavy atom. The number of nitrogens with one attached hydrogen (secondary N) is 3. The molecule has 0 radical (unpaired) electrons. The zero-order valence-corrected chi connectivity index (χ0v) is 19.2. The van der Waals surface area contributed by atoms with Crippen molar-refractivity contribution in [2.24, 2.45) is 0 Å². The third-order valence-electron chi connectivity index (χ3n) is 6.07. The summed E-state index contributed by atoms with van der Waals surface area (Å²) in [6.45, 7) is 0. The predicted octanol–water partition coefficient (Wildman–Crippen LogP) is 1.87. The highest BCUT2D eigenvalue weighted by Crippen LogP contribution is 2.28. The van der Waals surface area contributed by atoms with Gasteiger partial charge in [-0.1, -0.05) is 24.3 Å². The summed E-state index contributed by atoms with van der Waals surface area (Å²) < 4.78 is 0.959. The summed E-state index contributed by atoms with van der Waals surface area (Å²) in [6, 6.07) is 16.2. The molecule has 0 saturated carbocycles. The Labute approximate surface area is 207 Å². The number of amides is 1. The van der Waals surface area contributed by atoms with Crippen molar-refractivity contribution in [3.05, 3.63) is 98.8 Å². The fourth-order valence-corrected chi connectivity index (χ4v) is 4.20. The summed E-state index contributed by atoms with van der Waals surface area (Å²) in [5.41, 5.74) is 6.53. The lowest BCUT2D eigenvalue weighted by molar-refractivity contribution is -0.139. The predicted molar refractivity (Wildman–Crippen MR) is 137 cm³/mol. The van der Waals surface area contributed by atoms with Crippen LogP contribution in [0.5, 0.6) is 5.75 Å². The molecule has 2 heterocycles. The second kappa shape index (κ2) is 9.04. The van der Waals surface area contributed by atoms with Gasteiger partial charge in [0.1, 0.15) is 11.7 Å². The molecule has 0 saturated heterocycles. The number of benzene rings is 3. The molecule has 0 aliphatic rings. The molecular formula is C26H21N5O6. The molecule has 11 nitrogen and oxygen atoms in total. The average molecular weight is 499 g/mol. The third kappa shape index (κ3) is 4.29. The van der Waals surface area contributed by atoms with Crippen molar-refractivity contribution in [2.45, 2.75) is 12.5 Å². The van der Waals surface area contributed by atoms with Crippen molar-refractivity contribution in [3.8, 4) is 11.4 Å². The van der Waals surface area contributed by atoms with E-state index in [0.717, 1.165) is 4.57 Å². The van der Waals surface area contributed by atoms with Crippen LogP contribution in [0.15, 0.2) is 76.3 Å². The Kier molecular flexibility index (Phi) is 5.72. The molecule has 2 aromatic heterocycles. The highest BCUT2D eigenvalue weighted by atomic mass is 16.4. The first-order chi connectivity index (χ1) is 17.7. The Hall–Kier alpha value is -5.32. The Bertz CT molecular complexity index is 1800. The van der Waals surface area contributed by atoms with E-state index < -0.39 is 29.2 Å². The van der Waals surface area contributed by atoms with E-state index in [4.69, 9.17) is 5.73 Å². The van der Waals surface area contributed by atoms with Gasteiger partial charge >= 0.3 is 11.7 Å². The number of aromatic nitrogens is 3. The first-order valence-corrected chi connectivity index (χ1v) is 11.2. The minimum Gasteiger partial charge on any atom is -0.505 e. The fourth-order valence-electron chi connectivity index (χ4n) is 4.20. The molecule has 0 fully saturated rings. The van der Waals surface area contributed by atoms with Crippen LogP contribution < -0.4 is 22.3 Å². The first kappa shape index (κ1) is 23.4. The number of aromatic amines is 2. The van der Waals surface area contributed by atoms with Crippen molar-refractivity contribution in [2.75, 3.05) is 5.73 Å². The van der Waals surface area contributed by atoms with Gasteiger partial charge in [-0.3, -0.25) is 9.59 Å². The van der Waals surface area contributed by atoms with Crippen LogP contribution in [0.25, 0.3) is 27.5 Å². The quantitative estimate of drug-likeness (QED) is 0.193. The zero-order chi connectivity index (χ0) is 26.3. The molecule has 0 spiro atoms. The Morgan fingerprint density at radius 2 is 1.65 bits per heavy atom. The molecule has 5 rings (SSSR count). The van der Waals surface area contributed by atoms with E-state index >= 15 is 0 Å². The molecular weight excluding hydrogens is 478 g/mol. The van der Waals surface area contributed by atoms with Crippen LogP contribution in [0.2, 0.25) is 0 Å². The van der Waals surface area contributed by atoms with Gasteiger partial charge in [-0.2, -0.15) is 0 Å². The second-order valence-corrected chi connectivity index (χ2v) is 8.50. The van der Waals surface area contributed by atoms with Crippen LogP contribution in [-0.4, -0.2) is 42.7 Å². The number of hydrogen-bond acceptors (Lipinski definition) is 6. The number of nitrogens with two attached hydrogens (primary N) is 1. The summed E-state index contributed by atoms with van der Waals surface area (Å²) >= 11 is 0. The lowest BCUT2D eigenvalue weighted by atomic mass is 10.1. The van der Waals surface area contributed by atoms with Crippen LogP contribution in [0.4, 0.5) is 5.69 Å². The summed E-state index contributed by atoms with van der Waals surface area (Å²) in [5.74, 6) is -2.31. The maximum absolute atomic E-state index is 12.9. The molecule has 186 valence electrons. The molecule has 3 aromatic carbocycles. The third-order valence-corrected chi connectivity index (χ3v) is 6.07. The van der Waals surface area contributed by atoms with E-state index in [1.807, 2.05) is 0 Å². The standard InChI is InChI=1S/C26H21N5O6/c27-14-7-10-19-17(12-14)24(34)31(26(37)30-19)15-8-5-13(6-9-15)11-20(25(35)36)29-23(33)21-22(32)16-3-1-2-4-18(16)28-21/h1-10,12,20,28,32H,11,27H2,(H,29,33)(H,30,37)(H,35,36)/t20-/m0/s1. The molecule has 37 heavy (non-hydrogen) atoms. The Balaban J connectivity index is 1.39. The normalized spacial score (nSPS) is 12.0. The van der Waals surface area contributed by atoms with Crippen LogP contribution in [0.1, 0.15) is 16.1 Å². The van der Waals surface area contributed by atoms with E-state index in [1.165, 1.54) is 18.2 Å². The summed E-state index contributed by atoms with van der Waals surface area (Å²) in [5, 5.41) is 23.2. The fraction of sp³-hybridized carbons (Fsp3) is 0.0769. The highest BCUT2D eigenvalue weighted by molar-refractivity contribution is 6.04. The zero-order valence-electron chi connectivity index (χ0n) is 19.2. The van der Waals surface area contributed by atoms with E-state index in [2.05, 4.69) is 15.3 Å². The second-order valence-electron chi connectivity index (χ2n) is 8.50. The van der Waals surface area contributed by atoms with Gasteiger partial charge in [-0.15, -0.1) is 0 Å². The number of para-hydroxylation sites is 1. The number of fused-ring (bicyclic) bond motifs is 2. The van der Waals surface area contributed by atoms with Crippen molar-refractivity contribution >= 4 is 39.4 Å². The molecule has 0 bridgehead atoms. The lowest BCUT2D eigenvalue weighted by Gasteiger charge is -2.15. The van der Waals surface area contributed by atoms with E-state index in [-0.39, 0.29) is 28.9 Å². The number of carbonyl (C=O) groups is 2. The minimum atomic E-state index is -1.31. The number of carboxylic acids is 1. The van der Waals surface area contributed by atoms with E-state index in [1.54, 1.807) is 48.5 Å².